The van der Waals surface area contributed by atoms with Crippen LogP contribution in [0.5, 0.6) is 6.01 Å². The Kier molecular flexibility index (Phi) is 7.73. The highest BCUT2D eigenvalue weighted by atomic mass is 35.5. The molecule has 0 aliphatic carbocycles. The number of unbranched alkanes of at least 4 members (excludes halogenated alkanes) is 1. The summed E-state index contributed by atoms with van der Waals surface area (Å²) in [5.41, 5.74) is 0.708. The van der Waals surface area contributed by atoms with Crippen LogP contribution in [0.2, 0.25) is 10.0 Å². The van der Waals surface area contributed by atoms with E-state index in [1.807, 2.05) is 17.6 Å². The monoisotopic (exact) mass is 431 g/mol. The van der Waals surface area contributed by atoms with Crippen molar-refractivity contribution < 1.29 is 13.2 Å². The lowest BCUT2D eigenvalue weighted by Crippen LogP contribution is -2.28. The number of sulfonamides is 1. The number of benzene rings is 1. The number of hydrogen-bond acceptors (Lipinski definition) is 4. The van der Waals surface area contributed by atoms with Crippen molar-refractivity contribution in [3.05, 3.63) is 52.8 Å². The fourth-order valence-electron chi connectivity index (χ4n) is 2.55. The molecule has 0 radical (unpaired) electrons. The van der Waals surface area contributed by atoms with E-state index in [-0.39, 0.29) is 9.92 Å². The summed E-state index contributed by atoms with van der Waals surface area (Å²) in [6.07, 6.45) is 5.16. The quantitative estimate of drug-likeness (QED) is 0.440. The van der Waals surface area contributed by atoms with Gasteiger partial charge in [0.2, 0.25) is 10.0 Å². The van der Waals surface area contributed by atoms with Gasteiger partial charge in [0, 0.05) is 6.54 Å². The summed E-state index contributed by atoms with van der Waals surface area (Å²) in [6.45, 7) is 8.50. The average molecular weight is 432 g/mol. The highest BCUT2D eigenvalue weighted by Crippen LogP contribution is 2.26. The zero-order valence-electron chi connectivity index (χ0n) is 15.3. The Balaban J connectivity index is 2.16. The van der Waals surface area contributed by atoms with Gasteiger partial charge >= 0.3 is 0 Å². The third-order valence-electron chi connectivity index (χ3n) is 3.93. The van der Waals surface area contributed by atoms with Crippen molar-refractivity contribution in [3.8, 4) is 6.01 Å². The van der Waals surface area contributed by atoms with Gasteiger partial charge in [-0.2, -0.15) is 0 Å². The van der Waals surface area contributed by atoms with Crippen LogP contribution in [-0.4, -0.2) is 24.6 Å². The maximum absolute atomic E-state index is 12.6. The maximum Gasteiger partial charge on any atom is 0.296 e. The molecule has 0 amide bonds. The van der Waals surface area contributed by atoms with Crippen LogP contribution in [-0.2, 0) is 16.6 Å². The first-order chi connectivity index (χ1) is 12.8. The SMILES string of the molecule is C=CCCCOc1ncc(C(C)NS(=O)(=O)c2ccc(Cl)c(Cl)c2)n1CC. The minimum absolute atomic E-state index is 0.0483. The second-order valence-corrected chi connectivity index (χ2v) is 8.44. The van der Waals surface area contributed by atoms with Gasteiger partial charge in [-0.15, -0.1) is 6.58 Å². The van der Waals surface area contributed by atoms with Crippen molar-refractivity contribution in [3.63, 3.8) is 0 Å². The number of hydrogen-bond donors (Lipinski definition) is 1. The van der Waals surface area contributed by atoms with Gasteiger partial charge in [0.15, 0.2) is 0 Å². The standard InChI is InChI=1S/C18H23Cl2N3O3S/c1-4-6-7-10-26-18-21-12-17(23(18)5-2)13(3)22-27(24,25)14-8-9-15(19)16(20)11-14/h4,8-9,11-13,22H,1,5-7,10H2,2-3H3. The molecule has 9 heteroatoms. The number of ether oxygens (including phenoxy) is 1. The Hall–Kier alpha value is -1.54. The van der Waals surface area contributed by atoms with Crippen LogP contribution in [0.1, 0.15) is 38.4 Å². The van der Waals surface area contributed by atoms with Crippen molar-refractivity contribution in [1.29, 1.82) is 0 Å². The van der Waals surface area contributed by atoms with E-state index < -0.39 is 16.1 Å². The molecule has 2 aromatic rings. The summed E-state index contributed by atoms with van der Waals surface area (Å²) in [7, 11) is -3.77. The molecule has 0 saturated carbocycles. The summed E-state index contributed by atoms with van der Waals surface area (Å²) in [6, 6.07) is 4.15. The van der Waals surface area contributed by atoms with Gasteiger partial charge in [0.25, 0.3) is 6.01 Å². The van der Waals surface area contributed by atoms with Gasteiger partial charge in [-0.25, -0.2) is 18.1 Å². The summed E-state index contributed by atoms with van der Waals surface area (Å²) >= 11 is 11.8. The van der Waals surface area contributed by atoms with Gasteiger partial charge in [-0.1, -0.05) is 29.3 Å². The number of allylic oxidation sites excluding steroid dienone is 1. The van der Waals surface area contributed by atoms with Crippen molar-refractivity contribution in [2.45, 2.75) is 44.2 Å². The van der Waals surface area contributed by atoms with Crippen LogP contribution in [0.4, 0.5) is 0 Å². The van der Waals surface area contributed by atoms with E-state index in [0.717, 1.165) is 12.8 Å². The number of imidazole rings is 1. The lowest BCUT2D eigenvalue weighted by molar-refractivity contribution is 0.273. The largest absolute Gasteiger partial charge is 0.465 e. The van der Waals surface area contributed by atoms with Gasteiger partial charge in [-0.05, 0) is 44.9 Å². The van der Waals surface area contributed by atoms with Crippen LogP contribution in [0.15, 0.2) is 41.9 Å². The number of halogens is 2. The lowest BCUT2D eigenvalue weighted by Gasteiger charge is -2.17. The molecule has 27 heavy (non-hydrogen) atoms. The van der Waals surface area contributed by atoms with Crippen molar-refractivity contribution in [2.75, 3.05) is 6.61 Å². The number of nitrogens with one attached hydrogen (secondary N) is 1. The van der Waals surface area contributed by atoms with Crippen LogP contribution >= 0.6 is 23.2 Å². The minimum Gasteiger partial charge on any atom is -0.465 e. The first kappa shape index (κ1) is 21.8. The molecule has 6 nitrogen and oxygen atoms in total. The van der Waals surface area contributed by atoms with E-state index in [1.165, 1.54) is 18.2 Å². The molecule has 0 saturated heterocycles. The Morgan fingerprint density at radius 1 is 1.37 bits per heavy atom. The zero-order valence-corrected chi connectivity index (χ0v) is 17.6. The predicted octanol–water partition coefficient (Wildman–Crippen LogP) is 4.59. The van der Waals surface area contributed by atoms with E-state index in [4.69, 9.17) is 27.9 Å². The van der Waals surface area contributed by atoms with Crippen LogP contribution in [0.25, 0.3) is 0 Å². The topological polar surface area (TPSA) is 73.2 Å². The van der Waals surface area contributed by atoms with Crippen LogP contribution in [0, 0.1) is 0 Å². The maximum atomic E-state index is 12.6. The molecule has 0 aliphatic rings. The first-order valence-corrected chi connectivity index (χ1v) is 10.8. The molecule has 1 aromatic carbocycles. The molecule has 1 N–H and O–H groups in total. The average Bonchev–Trinajstić information content (AvgIpc) is 3.03. The van der Waals surface area contributed by atoms with E-state index in [1.54, 1.807) is 13.1 Å². The predicted molar refractivity (Wildman–Crippen MR) is 108 cm³/mol. The number of aromatic nitrogens is 2. The summed E-state index contributed by atoms with van der Waals surface area (Å²) in [5, 5.41) is 0.479. The number of nitrogens with zero attached hydrogens (tertiary/aromatic N) is 2. The van der Waals surface area contributed by atoms with Gasteiger partial charge in [0.05, 0.1) is 39.5 Å². The highest BCUT2D eigenvalue weighted by Gasteiger charge is 2.23. The normalized spacial score (nSPS) is 12.7. The zero-order chi connectivity index (χ0) is 20.0. The summed E-state index contributed by atoms with van der Waals surface area (Å²) in [5.74, 6) is 0. The van der Waals surface area contributed by atoms with Crippen LogP contribution in [0.3, 0.4) is 0 Å². The Bertz CT molecular complexity index is 897. The molecule has 1 heterocycles. The molecule has 0 aliphatic heterocycles. The van der Waals surface area contributed by atoms with E-state index >= 15 is 0 Å². The molecule has 2 rings (SSSR count). The Morgan fingerprint density at radius 3 is 2.74 bits per heavy atom. The van der Waals surface area contributed by atoms with E-state index in [9.17, 15) is 8.42 Å². The molecule has 0 spiro atoms. The van der Waals surface area contributed by atoms with E-state index in [0.29, 0.717) is 29.9 Å². The molecule has 0 fully saturated rings. The summed E-state index contributed by atoms with van der Waals surface area (Å²) < 4.78 is 35.5. The summed E-state index contributed by atoms with van der Waals surface area (Å²) in [4.78, 5) is 4.32. The second kappa shape index (κ2) is 9.59. The molecule has 148 valence electrons. The fraction of sp³-hybridized carbons (Fsp3) is 0.389. The first-order valence-electron chi connectivity index (χ1n) is 8.56. The van der Waals surface area contributed by atoms with Crippen molar-refractivity contribution >= 4 is 33.2 Å². The van der Waals surface area contributed by atoms with Gasteiger partial charge in [0.1, 0.15) is 0 Å². The molecule has 0 bridgehead atoms. The van der Waals surface area contributed by atoms with Crippen LogP contribution < -0.4 is 9.46 Å². The van der Waals surface area contributed by atoms with Crippen molar-refractivity contribution in [1.82, 2.24) is 14.3 Å². The fourth-order valence-corrected chi connectivity index (χ4v) is 4.15. The minimum atomic E-state index is -3.77. The Labute approximate surface area is 170 Å². The van der Waals surface area contributed by atoms with Gasteiger partial charge in [-0.3, -0.25) is 4.57 Å². The molecule has 1 aromatic heterocycles. The smallest absolute Gasteiger partial charge is 0.296 e. The van der Waals surface area contributed by atoms with Crippen molar-refractivity contribution in [2.24, 2.45) is 0 Å². The van der Waals surface area contributed by atoms with E-state index in [2.05, 4.69) is 16.3 Å². The molecule has 1 atom stereocenters. The molecular weight excluding hydrogens is 409 g/mol. The number of rotatable bonds is 10. The third kappa shape index (κ3) is 5.48. The highest BCUT2D eigenvalue weighted by molar-refractivity contribution is 7.89. The molecule has 1 unspecified atom stereocenters. The van der Waals surface area contributed by atoms with Gasteiger partial charge < -0.3 is 4.74 Å². The lowest BCUT2D eigenvalue weighted by atomic mass is 10.3. The molecular formula is C18H23Cl2N3O3S. The third-order valence-corrected chi connectivity index (χ3v) is 6.20. The Morgan fingerprint density at radius 2 is 2.11 bits per heavy atom. The second-order valence-electron chi connectivity index (χ2n) is 5.91.